The first-order valence-electron chi connectivity index (χ1n) is 9.29. The van der Waals surface area contributed by atoms with E-state index in [1.165, 1.54) is 0 Å². The van der Waals surface area contributed by atoms with Gasteiger partial charge in [-0.2, -0.15) is 0 Å². The second-order valence-electron chi connectivity index (χ2n) is 6.85. The van der Waals surface area contributed by atoms with Crippen molar-refractivity contribution < 1.29 is 28.5 Å². The highest BCUT2D eigenvalue weighted by molar-refractivity contribution is 5.93. The maximum absolute atomic E-state index is 12.1. The van der Waals surface area contributed by atoms with Crippen molar-refractivity contribution in [1.29, 1.82) is 0 Å². The van der Waals surface area contributed by atoms with Gasteiger partial charge in [-0.25, -0.2) is 9.59 Å². The van der Waals surface area contributed by atoms with Gasteiger partial charge >= 0.3 is 11.9 Å². The molecule has 4 unspecified atom stereocenters. The Morgan fingerprint density at radius 2 is 1.23 bits per heavy atom. The highest BCUT2D eigenvalue weighted by Crippen LogP contribution is 2.24. The molecule has 2 fully saturated rings. The molecule has 0 aliphatic carbocycles. The van der Waals surface area contributed by atoms with E-state index in [0.717, 1.165) is 12.8 Å². The summed E-state index contributed by atoms with van der Waals surface area (Å²) in [6, 6.07) is 6.37. The Kier molecular flexibility index (Phi) is 6.27. The van der Waals surface area contributed by atoms with E-state index in [1.54, 1.807) is 24.3 Å². The van der Waals surface area contributed by atoms with E-state index in [1.807, 2.05) is 0 Å². The van der Waals surface area contributed by atoms with Gasteiger partial charge in [0.05, 0.1) is 49.8 Å². The van der Waals surface area contributed by atoms with Gasteiger partial charge in [0.15, 0.2) is 0 Å². The van der Waals surface area contributed by atoms with E-state index >= 15 is 0 Å². The summed E-state index contributed by atoms with van der Waals surface area (Å²) in [7, 11) is 0. The Morgan fingerprint density at radius 1 is 0.846 bits per heavy atom. The summed E-state index contributed by atoms with van der Waals surface area (Å²) in [5, 5.41) is 0. The van der Waals surface area contributed by atoms with Gasteiger partial charge in [-0.3, -0.25) is 0 Å². The minimum absolute atomic E-state index is 0.188. The van der Waals surface area contributed by atoms with Gasteiger partial charge in [0.1, 0.15) is 0 Å². The lowest BCUT2D eigenvalue weighted by Gasteiger charge is -2.35. The second-order valence-corrected chi connectivity index (χ2v) is 6.85. The van der Waals surface area contributed by atoms with Crippen molar-refractivity contribution in [2.75, 3.05) is 26.4 Å². The van der Waals surface area contributed by atoms with Crippen molar-refractivity contribution in [2.24, 2.45) is 11.8 Å². The van der Waals surface area contributed by atoms with Gasteiger partial charge in [-0.15, -0.1) is 0 Å². The lowest BCUT2D eigenvalue weighted by atomic mass is 9.97. The Labute approximate surface area is 153 Å². The van der Waals surface area contributed by atoms with E-state index < -0.39 is 0 Å². The third-order valence-corrected chi connectivity index (χ3v) is 5.12. The highest BCUT2D eigenvalue weighted by Gasteiger charge is 2.32. The number of carbonyl (C=O) groups is 2. The van der Waals surface area contributed by atoms with Crippen LogP contribution in [0, 0.1) is 11.8 Å². The van der Waals surface area contributed by atoms with Crippen LogP contribution in [0.4, 0.5) is 0 Å². The number of rotatable bonds is 8. The molecule has 0 N–H and O–H groups in total. The van der Waals surface area contributed by atoms with Crippen LogP contribution >= 0.6 is 0 Å². The molecule has 0 bridgehead atoms. The molecule has 0 aromatic heterocycles. The van der Waals surface area contributed by atoms with Crippen LogP contribution in [0.5, 0.6) is 0 Å². The van der Waals surface area contributed by atoms with Gasteiger partial charge in [0.2, 0.25) is 0 Å². The summed E-state index contributed by atoms with van der Waals surface area (Å²) < 4.78 is 21.5. The number of hydrogen-bond donors (Lipinski definition) is 0. The van der Waals surface area contributed by atoms with Gasteiger partial charge in [-0.05, 0) is 37.1 Å². The smallest absolute Gasteiger partial charge is 0.338 e. The quantitative estimate of drug-likeness (QED) is 0.662. The summed E-state index contributed by atoms with van der Waals surface area (Å²) in [5.41, 5.74) is 0.849. The fraction of sp³-hybridized carbons (Fsp3) is 0.600. The summed E-state index contributed by atoms with van der Waals surface area (Å²) in [6.07, 6.45) is 2.22. The molecule has 142 valence electrons. The van der Waals surface area contributed by atoms with Crippen LogP contribution in [0.25, 0.3) is 0 Å². The number of esters is 2. The molecular weight excluding hydrogens is 336 g/mol. The molecule has 0 saturated carbocycles. The predicted molar refractivity (Wildman–Crippen MR) is 94.0 cm³/mol. The molecule has 26 heavy (non-hydrogen) atoms. The lowest BCUT2D eigenvalue weighted by Crippen LogP contribution is -2.42. The number of ether oxygens (including phenoxy) is 4. The highest BCUT2D eigenvalue weighted by atomic mass is 16.6. The third kappa shape index (κ3) is 4.24. The van der Waals surface area contributed by atoms with E-state index in [2.05, 4.69) is 13.8 Å². The molecule has 6 heteroatoms. The lowest BCUT2D eigenvalue weighted by molar-refractivity contribution is -0.133. The summed E-state index contributed by atoms with van der Waals surface area (Å²) in [5.74, 6) is -0.214. The first kappa shape index (κ1) is 18.9. The van der Waals surface area contributed by atoms with Crippen molar-refractivity contribution in [1.82, 2.24) is 0 Å². The van der Waals surface area contributed by atoms with Crippen molar-refractivity contribution in [3.8, 4) is 0 Å². The van der Waals surface area contributed by atoms with Crippen molar-refractivity contribution in [3.05, 3.63) is 35.4 Å². The Bertz CT molecular complexity index is 567. The average Bonchev–Trinajstić information content (AvgIpc) is 2.61. The predicted octanol–water partition coefficient (Wildman–Crippen LogP) is 2.85. The Hall–Kier alpha value is -1.92. The molecule has 2 saturated heterocycles. The van der Waals surface area contributed by atoms with Crippen molar-refractivity contribution in [2.45, 2.75) is 38.9 Å². The standard InChI is InChI=1S/C20H26O6/c1-3-17-15(9-23-17)11-25-19(21)13-5-7-14(8-6-13)20(22)26-12-16-10-24-18(16)4-2/h5-8,15-18H,3-4,9-12H2,1-2H3. The van der Waals surface area contributed by atoms with Crippen LogP contribution in [0.15, 0.2) is 24.3 Å². The largest absolute Gasteiger partial charge is 0.462 e. The number of benzene rings is 1. The summed E-state index contributed by atoms with van der Waals surface area (Å²) in [6.45, 7) is 6.11. The van der Waals surface area contributed by atoms with Gasteiger partial charge in [0.25, 0.3) is 0 Å². The first-order chi connectivity index (χ1) is 12.6. The maximum Gasteiger partial charge on any atom is 0.338 e. The van der Waals surface area contributed by atoms with E-state index in [0.29, 0.717) is 37.6 Å². The molecule has 1 aromatic carbocycles. The molecule has 2 aliphatic heterocycles. The monoisotopic (exact) mass is 362 g/mol. The fourth-order valence-corrected chi connectivity index (χ4v) is 3.22. The molecule has 0 spiro atoms. The molecule has 0 radical (unpaired) electrons. The average molecular weight is 362 g/mol. The number of hydrogen-bond acceptors (Lipinski definition) is 6. The Morgan fingerprint density at radius 3 is 1.50 bits per heavy atom. The van der Waals surface area contributed by atoms with E-state index in [4.69, 9.17) is 18.9 Å². The van der Waals surface area contributed by atoms with Crippen LogP contribution in [-0.4, -0.2) is 50.6 Å². The zero-order chi connectivity index (χ0) is 18.5. The van der Waals surface area contributed by atoms with Crippen LogP contribution in [-0.2, 0) is 18.9 Å². The normalized spacial score (nSPS) is 27.2. The van der Waals surface area contributed by atoms with Crippen LogP contribution in [0.1, 0.15) is 47.4 Å². The minimum atomic E-state index is -0.385. The molecule has 3 rings (SSSR count). The van der Waals surface area contributed by atoms with E-state index in [-0.39, 0.29) is 36.0 Å². The third-order valence-electron chi connectivity index (χ3n) is 5.12. The second kappa shape index (κ2) is 8.64. The minimum Gasteiger partial charge on any atom is -0.462 e. The van der Waals surface area contributed by atoms with Crippen LogP contribution in [0.2, 0.25) is 0 Å². The molecule has 4 atom stereocenters. The van der Waals surface area contributed by atoms with Crippen LogP contribution in [0.3, 0.4) is 0 Å². The van der Waals surface area contributed by atoms with Crippen molar-refractivity contribution in [3.63, 3.8) is 0 Å². The van der Waals surface area contributed by atoms with Gasteiger partial charge in [-0.1, -0.05) is 13.8 Å². The van der Waals surface area contributed by atoms with Gasteiger partial charge in [0, 0.05) is 11.8 Å². The maximum atomic E-state index is 12.1. The van der Waals surface area contributed by atoms with Crippen molar-refractivity contribution >= 4 is 11.9 Å². The number of carbonyl (C=O) groups excluding carboxylic acids is 2. The molecule has 6 nitrogen and oxygen atoms in total. The molecule has 0 amide bonds. The molecule has 2 heterocycles. The van der Waals surface area contributed by atoms with Crippen LogP contribution < -0.4 is 0 Å². The molecular formula is C20H26O6. The molecule has 2 aliphatic rings. The summed E-state index contributed by atoms with van der Waals surface area (Å²) in [4.78, 5) is 24.2. The fourth-order valence-electron chi connectivity index (χ4n) is 3.22. The zero-order valence-corrected chi connectivity index (χ0v) is 15.3. The zero-order valence-electron chi connectivity index (χ0n) is 15.3. The van der Waals surface area contributed by atoms with Gasteiger partial charge < -0.3 is 18.9 Å². The Balaban J connectivity index is 1.45. The topological polar surface area (TPSA) is 71.1 Å². The summed E-state index contributed by atoms with van der Waals surface area (Å²) >= 11 is 0. The SMILES string of the molecule is CCC1OCC1COC(=O)c1ccc(C(=O)OCC2COC2CC)cc1. The first-order valence-corrected chi connectivity index (χ1v) is 9.29. The van der Waals surface area contributed by atoms with E-state index in [9.17, 15) is 9.59 Å². The molecule has 1 aromatic rings.